The maximum atomic E-state index is 12.7. The molecule has 116 valence electrons. The fourth-order valence-electron chi connectivity index (χ4n) is 4.30. The Kier molecular flexibility index (Phi) is 4.30. The highest BCUT2D eigenvalue weighted by Crippen LogP contribution is 2.44. The molecule has 0 aromatic rings. The molecular weight excluding hydrogens is 263 g/mol. The van der Waals surface area contributed by atoms with Crippen LogP contribution in [0.1, 0.15) is 64.2 Å². The Morgan fingerprint density at radius 3 is 2.00 bits per heavy atom. The molecule has 3 saturated carbocycles. The van der Waals surface area contributed by atoms with Gasteiger partial charge < -0.3 is 5.32 Å². The summed E-state index contributed by atoms with van der Waals surface area (Å²) < 4.78 is 38.0. The van der Waals surface area contributed by atoms with Gasteiger partial charge in [0.2, 0.25) is 0 Å². The number of nitrogens with one attached hydrogen (secondary N) is 1. The smallest absolute Gasteiger partial charge is 0.311 e. The van der Waals surface area contributed by atoms with Crippen LogP contribution in [0.4, 0.5) is 13.2 Å². The van der Waals surface area contributed by atoms with Crippen LogP contribution in [0.3, 0.4) is 0 Å². The van der Waals surface area contributed by atoms with E-state index in [0.29, 0.717) is 37.8 Å². The van der Waals surface area contributed by atoms with Crippen LogP contribution in [0.5, 0.6) is 0 Å². The van der Waals surface area contributed by atoms with Gasteiger partial charge in [0.05, 0.1) is 5.92 Å². The standard InChI is InChI=1S/C16H26F3N/c17-16(18,19)13-6-8-14(9-7-13)20-15-3-1-2-12(10-15)11-4-5-11/h11-15,20H,1-10H2. The summed E-state index contributed by atoms with van der Waals surface area (Å²) in [4.78, 5) is 0. The zero-order valence-corrected chi connectivity index (χ0v) is 12.1. The summed E-state index contributed by atoms with van der Waals surface area (Å²) in [5.74, 6) is 0.819. The molecule has 0 amide bonds. The third-order valence-corrected chi connectivity index (χ3v) is 5.66. The molecule has 0 radical (unpaired) electrons. The second-order valence-electron chi connectivity index (χ2n) is 7.22. The highest BCUT2D eigenvalue weighted by atomic mass is 19.4. The number of hydrogen-bond acceptors (Lipinski definition) is 1. The minimum Gasteiger partial charge on any atom is -0.311 e. The lowest BCUT2D eigenvalue weighted by Gasteiger charge is -2.36. The van der Waals surface area contributed by atoms with Crippen molar-refractivity contribution in [3.05, 3.63) is 0 Å². The lowest BCUT2D eigenvalue weighted by molar-refractivity contribution is -0.182. The highest BCUT2D eigenvalue weighted by Gasteiger charge is 2.42. The van der Waals surface area contributed by atoms with Crippen LogP contribution in [-0.2, 0) is 0 Å². The molecule has 1 nitrogen and oxygen atoms in total. The molecule has 2 unspecified atom stereocenters. The number of alkyl halides is 3. The van der Waals surface area contributed by atoms with Crippen molar-refractivity contribution in [2.45, 2.75) is 82.5 Å². The minimum absolute atomic E-state index is 0.319. The van der Waals surface area contributed by atoms with E-state index in [2.05, 4.69) is 5.32 Å². The summed E-state index contributed by atoms with van der Waals surface area (Å²) in [7, 11) is 0. The first-order chi connectivity index (χ1) is 9.52. The van der Waals surface area contributed by atoms with Gasteiger partial charge in [-0.05, 0) is 63.2 Å². The van der Waals surface area contributed by atoms with Crippen molar-refractivity contribution >= 4 is 0 Å². The predicted molar refractivity (Wildman–Crippen MR) is 73.4 cm³/mol. The first-order valence-corrected chi connectivity index (χ1v) is 8.35. The molecule has 0 saturated heterocycles. The van der Waals surface area contributed by atoms with Crippen molar-refractivity contribution < 1.29 is 13.2 Å². The van der Waals surface area contributed by atoms with Gasteiger partial charge >= 0.3 is 6.18 Å². The fourth-order valence-corrected chi connectivity index (χ4v) is 4.30. The first kappa shape index (κ1) is 14.7. The third-order valence-electron chi connectivity index (χ3n) is 5.66. The van der Waals surface area contributed by atoms with Gasteiger partial charge in [-0.3, -0.25) is 0 Å². The van der Waals surface area contributed by atoms with Gasteiger partial charge in [0.15, 0.2) is 0 Å². The van der Waals surface area contributed by atoms with Crippen LogP contribution in [0, 0.1) is 17.8 Å². The molecule has 0 spiro atoms. The summed E-state index contributed by atoms with van der Waals surface area (Å²) in [6.45, 7) is 0. The van der Waals surface area contributed by atoms with E-state index < -0.39 is 12.1 Å². The molecule has 0 aromatic carbocycles. The molecule has 0 aromatic heterocycles. The monoisotopic (exact) mass is 289 g/mol. The first-order valence-electron chi connectivity index (χ1n) is 8.35. The van der Waals surface area contributed by atoms with Gasteiger partial charge in [0, 0.05) is 12.1 Å². The Morgan fingerprint density at radius 2 is 1.40 bits per heavy atom. The predicted octanol–water partition coefficient (Wildman–Crippen LogP) is 4.67. The van der Waals surface area contributed by atoms with E-state index in [4.69, 9.17) is 0 Å². The lowest BCUT2D eigenvalue weighted by Crippen LogP contribution is -2.44. The summed E-state index contributed by atoms with van der Waals surface area (Å²) in [5, 5.41) is 3.68. The molecule has 4 heteroatoms. The molecule has 0 aliphatic heterocycles. The quantitative estimate of drug-likeness (QED) is 0.796. The van der Waals surface area contributed by atoms with Crippen molar-refractivity contribution in [1.29, 1.82) is 0 Å². The Bertz CT molecular complexity index is 316. The topological polar surface area (TPSA) is 12.0 Å². The van der Waals surface area contributed by atoms with Crippen molar-refractivity contribution in [3.63, 3.8) is 0 Å². The van der Waals surface area contributed by atoms with E-state index in [-0.39, 0.29) is 0 Å². The van der Waals surface area contributed by atoms with Gasteiger partial charge in [0.25, 0.3) is 0 Å². The van der Waals surface area contributed by atoms with E-state index in [0.717, 1.165) is 11.8 Å². The molecule has 20 heavy (non-hydrogen) atoms. The van der Waals surface area contributed by atoms with E-state index in [1.54, 1.807) is 0 Å². The van der Waals surface area contributed by atoms with Crippen molar-refractivity contribution in [2.24, 2.45) is 17.8 Å². The van der Waals surface area contributed by atoms with E-state index >= 15 is 0 Å². The molecular formula is C16H26F3N. The maximum Gasteiger partial charge on any atom is 0.391 e. The van der Waals surface area contributed by atoms with Gasteiger partial charge in [-0.1, -0.05) is 12.8 Å². The van der Waals surface area contributed by atoms with Gasteiger partial charge in [0.1, 0.15) is 0 Å². The fraction of sp³-hybridized carbons (Fsp3) is 1.00. The van der Waals surface area contributed by atoms with Gasteiger partial charge in [-0.15, -0.1) is 0 Å². The molecule has 3 aliphatic carbocycles. The number of halogens is 3. The van der Waals surface area contributed by atoms with Crippen LogP contribution in [0.15, 0.2) is 0 Å². The normalized spacial score (nSPS) is 39.8. The largest absolute Gasteiger partial charge is 0.391 e. The van der Waals surface area contributed by atoms with Crippen molar-refractivity contribution in [2.75, 3.05) is 0 Å². The molecule has 0 bridgehead atoms. The summed E-state index contributed by atoms with van der Waals surface area (Å²) in [6, 6.07) is 0.901. The molecule has 1 N–H and O–H groups in total. The molecule has 0 heterocycles. The zero-order valence-electron chi connectivity index (χ0n) is 12.1. The summed E-state index contributed by atoms with van der Waals surface area (Å²) >= 11 is 0. The molecule has 3 aliphatic rings. The average molecular weight is 289 g/mol. The van der Waals surface area contributed by atoms with Crippen molar-refractivity contribution in [3.8, 4) is 0 Å². The second-order valence-corrected chi connectivity index (χ2v) is 7.22. The molecule has 3 rings (SSSR count). The van der Waals surface area contributed by atoms with Crippen LogP contribution < -0.4 is 5.32 Å². The highest BCUT2D eigenvalue weighted by molar-refractivity contribution is 4.90. The van der Waals surface area contributed by atoms with Crippen LogP contribution >= 0.6 is 0 Å². The number of rotatable bonds is 3. The van der Waals surface area contributed by atoms with Crippen LogP contribution in [0.25, 0.3) is 0 Å². The lowest BCUT2D eigenvalue weighted by atomic mass is 9.81. The van der Waals surface area contributed by atoms with Crippen LogP contribution in [0.2, 0.25) is 0 Å². The van der Waals surface area contributed by atoms with Gasteiger partial charge in [-0.2, -0.15) is 13.2 Å². The Hall–Kier alpha value is -0.250. The van der Waals surface area contributed by atoms with Crippen LogP contribution in [-0.4, -0.2) is 18.3 Å². The zero-order chi connectivity index (χ0) is 14.2. The third kappa shape index (κ3) is 3.69. The summed E-state index contributed by atoms with van der Waals surface area (Å²) in [6.07, 6.45) is 6.06. The van der Waals surface area contributed by atoms with Crippen molar-refractivity contribution in [1.82, 2.24) is 5.32 Å². The molecule has 3 fully saturated rings. The Labute approximate surface area is 119 Å². The Balaban J connectivity index is 1.42. The maximum absolute atomic E-state index is 12.7. The summed E-state index contributed by atoms with van der Waals surface area (Å²) in [5.41, 5.74) is 0. The van der Waals surface area contributed by atoms with E-state index in [1.165, 1.54) is 38.5 Å². The van der Waals surface area contributed by atoms with E-state index in [9.17, 15) is 13.2 Å². The SMILES string of the molecule is FC(F)(F)C1CCC(NC2CCCC(C3CC3)C2)CC1. The second kappa shape index (κ2) is 5.86. The molecule has 2 atom stereocenters. The number of hydrogen-bond donors (Lipinski definition) is 1. The Morgan fingerprint density at radius 1 is 0.700 bits per heavy atom. The average Bonchev–Trinajstić information content (AvgIpc) is 3.23. The minimum atomic E-state index is -3.98. The van der Waals surface area contributed by atoms with E-state index in [1.807, 2.05) is 0 Å². The van der Waals surface area contributed by atoms with Gasteiger partial charge in [-0.25, -0.2) is 0 Å².